The molecule has 1 amide bonds. The number of rotatable bonds is 4. The molecule has 1 unspecified atom stereocenters. The Morgan fingerprint density at radius 1 is 1.23 bits per heavy atom. The molecular weight excluding hydrogens is 272 g/mol. The lowest BCUT2D eigenvalue weighted by molar-refractivity contribution is -0.118. The highest BCUT2D eigenvalue weighted by Gasteiger charge is 2.29. The molecule has 1 aliphatic heterocycles. The number of para-hydroxylation sites is 1. The lowest BCUT2D eigenvalue weighted by atomic mass is 10.1. The van der Waals surface area contributed by atoms with E-state index in [9.17, 15) is 4.79 Å². The van der Waals surface area contributed by atoms with Crippen molar-refractivity contribution in [3.63, 3.8) is 0 Å². The molecular formula is C19H22N2O. The number of carbonyl (C=O) groups excluding carboxylic acids is 1. The summed E-state index contributed by atoms with van der Waals surface area (Å²) >= 11 is 0. The van der Waals surface area contributed by atoms with Crippen LogP contribution in [0.5, 0.6) is 0 Å². The molecule has 3 rings (SSSR count). The molecule has 0 aromatic heterocycles. The predicted molar refractivity (Wildman–Crippen MR) is 91.4 cm³/mol. The summed E-state index contributed by atoms with van der Waals surface area (Å²) in [6.07, 6.45) is 1.46. The zero-order valence-electron chi connectivity index (χ0n) is 13.2. The minimum atomic E-state index is 0.192. The van der Waals surface area contributed by atoms with Crippen molar-refractivity contribution >= 4 is 17.3 Å². The van der Waals surface area contributed by atoms with Crippen LogP contribution in [0, 0.1) is 6.92 Å². The molecule has 0 aliphatic carbocycles. The number of nitrogens with zero attached hydrogens (tertiary/aromatic N) is 1. The molecule has 2 aromatic carbocycles. The van der Waals surface area contributed by atoms with Crippen molar-refractivity contribution in [3.8, 4) is 0 Å². The summed E-state index contributed by atoms with van der Waals surface area (Å²) in [7, 11) is 0. The zero-order valence-corrected chi connectivity index (χ0v) is 13.2. The topological polar surface area (TPSA) is 32.3 Å². The van der Waals surface area contributed by atoms with E-state index in [4.69, 9.17) is 0 Å². The quantitative estimate of drug-likeness (QED) is 0.931. The van der Waals surface area contributed by atoms with E-state index in [1.165, 1.54) is 11.1 Å². The molecule has 114 valence electrons. The summed E-state index contributed by atoms with van der Waals surface area (Å²) in [5.74, 6) is 0.192. The van der Waals surface area contributed by atoms with Gasteiger partial charge in [-0.25, -0.2) is 0 Å². The van der Waals surface area contributed by atoms with E-state index >= 15 is 0 Å². The monoisotopic (exact) mass is 294 g/mol. The first-order valence-electron chi connectivity index (χ1n) is 7.85. The number of aryl methyl sites for hydroxylation is 1. The molecule has 1 N–H and O–H groups in total. The van der Waals surface area contributed by atoms with Gasteiger partial charge in [0.25, 0.3) is 0 Å². The van der Waals surface area contributed by atoms with E-state index in [-0.39, 0.29) is 11.9 Å². The summed E-state index contributed by atoms with van der Waals surface area (Å²) in [5, 5.41) is 3.33. The van der Waals surface area contributed by atoms with Crippen LogP contribution < -0.4 is 10.2 Å². The Morgan fingerprint density at radius 2 is 2.05 bits per heavy atom. The van der Waals surface area contributed by atoms with Gasteiger partial charge in [-0.15, -0.1) is 0 Å². The summed E-state index contributed by atoms with van der Waals surface area (Å²) in [6, 6.07) is 16.7. The van der Waals surface area contributed by atoms with Crippen molar-refractivity contribution in [2.24, 2.45) is 0 Å². The average Bonchev–Trinajstić information content (AvgIpc) is 2.83. The van der Waals surface area contributed by atoms with E-state index < -0.39 is 0 Å². The van der Waals surface area contributed by atoms with Gasteiger partial charge < -0.3 is 10.2 Å². The van der Waals surface area contributed by atoms with Gasteiger partial charge in [-0.05, 0) is 49.6 Å². The largest absolute Gasteiger partial charge is 0.385 e. The highest BCUT2D eigenvalue weighted by atomic mass is 16.2. The lowest BCUT2D eigenvalue weighted by Gasteiger charge is -2.23. The number of anilines is 2. The van der Waals surface area contributed by atoms with Gasteiger partial charge in [-0.1, -0.05) is 30.3 Å². The molecule has 0 saturated heterocycles. The molecule has 0 fully saturated rings. The minimum Gasteiger partial charge on any atom is -0.385 e. The Kier molecular flexibility index (Phi) is 4.14. The Hall–Kier alpha value is -2.29. The van der Waals surface area contributed by atoms with Crippen molar-refractivity contribution in [3.05, 3.63) is 59.7 Å². The number of hydrogen-bond donors (Lipinski definition) is 1. The molecule has 1 atom stereocenters. The average molecular weight is 294 g/mol. The van der Waals surface area contributed by atoms with Gasteiger partial charge in [0, 0.05) is 30.4 Å². The first-order chi connectivity index (χ1) is 10.6. The second kappa shape index (κ2) is 6.22. The van der Waals surface area contributed by atoms with Crippen molar-refractivity contribution in [2.45, 2.75) is 32.7 Å². The maximum Gasteiger partial charge on any atom is 0.229 e. The molecule has 0 bridgehead atoms. The van der Waals surface area contributed by atoms with E-state index in [0.717, 1.165) is 17.8 Å². The molecule has 3 nitrogen and oxygen atoms in total. The number of hydrogen-bond acceptors (Lipinski definition) is 2. The first-order valence-corrected chi connectivity index (χ1v) is 7.85. The molecule has 2 aromatic rings. The van der Waals surface area contributed by atoms with Crippen LogP contribution in [0.25, 0.3) is 0 Å². The fourth-order valence-corrected chi connectivity index (χ4v) is 3.13. The number of nitrogens with one attached hydrogen (secondary N) is 1. The maximum atomic E-state index is 12.6. The third kappa shape index (κ3) is 2.98. The van der Waals surface area contributed by atoms with Crippen LogP contribution in [0.4, 0.5) is 11.4 Å². The predicted octanol–water partition coefficient (Wildman–Crippen LogP) is 3.77. The van der Waals surface area contributed by atoms with E-state index in [1.807, 2.05) is 35.2 Å². The fraction of sp³-hybridized carbons (Fsp3) is 0.316. The molecule has 0 saturated carbocycles. The van der Waals surface area contributed by atoms with Crippen LogP contribution >= 0.6 is 0 Å². The Balaban J connectivity index is 1.61. The molecule has 3 heteroatoms. The van der Waals surface area contributed by atoms with Crippen molar-refractivity contribution in [1.29, 1.82) is 0 Å². The van der Waals surface area contributed by atoms with Gasteiger partial charge in [0.15, 0.2) is 0 Å². The highest BCUT2D eigenvalue weighted by Crippen LogP contribution is 2.32. The van der Waals surface area contributed by atoms with Gasteiger partial charge in [-0.3, -0.25) is 4.79 Å². The standard InChI is InChI=1S/C19H22N2O/c1-14-6-5-8-17(12-14)20-11-10-19(22)21-15(2)13-16-7-3-4-9-18(16)21/h3-9,12,15,20H,10-11,13H2,1-2H3. The van der Waals surface area contributed by atoms with Gasteiger partial charge in [-0.2, -0.15) is 0 Å². The molecule has 22 heavy (non-hydrogen) atoms. The summed E-state index contributed by atoms with van der Waals surface area (Å²) in [6.45, 7) is 4.85. The highest BCUT2D eigenvalue weighted by molar-refractivity contribution is 5.96. The Bertz CT molecular complexity index is 681. The van der Waals surface area contributed by atoms with Gasteiger partial charge >= 0.3 is 0 Å². The zero-order chi connectivity index (χ0) is 15.5. The smallest absolute Gasteiger partial charge is 0.229 e. The van der Waals surface area contributed by atoms with Crippen LogP contribution in [0.3, 0.4) is 0 Å². The van der Waals surface area contributed by atoms with Crippen molar-refractivity contribution < 1.29 is 4.79 Å². The maximum absolute atomic E-state index is 12.6. The second-order valence-corrected chi connectivity index (χ2v) is 5.99. The van der Waals surface area contributed by atoms with E-state index in [1.54, 1.807) is 0 Å². The van der Waals surface area contributed by atoms with Crippen LogP contribution in [-0.2, 0) is 11.2 Å². The van der Waals surface area contributed by atoms with Crippen LogP contribution in [0.1, 0.15) is 24.5 Å². The molecule has 1 heterocycles. The van der Waals surface area contributed by atoms with Crippen molar-refractivity contribution in [2.75, 3.05) is 16.8 Å². The number of benzene rings is 2. The van der Waals surface area contributed by atoms with Gasteiger partial charge in [0.2, 0.25) is 5.91 Å². The molecule has 0 radical (unpaired) electrons. The third-order valence-corrected chi connectivity index (χ3v) is 4.16. The van der Waals surface area contributed by atoms with Crippen LogP contribution in [-0.4, -0.2) is 18.5 Å². The number of fused-ring (bicyclic) bond motifs is 1. The number of amides is 1. The second-order valence-electron chi connectivity index (χ2n) is 5.99. The van der Waals surface area contributed by atoms with E-state index in [2.05, 4.69) is 37.4 Å². The molecule has 0 spiro atoms. The normalized spacial score (nSPS) is 16.5. The number of carbonyl (C=O) groups is 1. The Labute approximate surface area is 132 Å². The van der Waals surface area contributed by atoms with Crippen molar-refractivity contribution in [1.82, 2.24) is 0 Å². The summed E-state index contributed by atoms with van der Waals surface area (Å²) in [4.78, 5) is 14.5. The minimum absolute atomic E-state index is 0.192. The van der Waals surface area contributed by atoms with Crippen LogP contribution in [0.15, 0.2) is 48.5 Å². The summed E-state index contributed by atoms with van der Waals surface area (Å²) < 4.78 is 0. The van der Waals surface area contributed by atoms with Gasteiger partial charge in [0.1, 0.15) is 0 Å². The van der Waals surface area contributed by atoms with E-state index in [0.29, 0.717) is 13.0 Å². The third-order valence-electron chi connectivity index (χ3n) is 4.16. The SMILES string of the molecule is Cc1cccc(NCCC(=O)N2c3ccccc3CC2C)c1. The summed E-state index contributed by atoms with van der Waals surface area (Å²) in [5.41, 5.74) is 4.65. The first kappa shape index (κ1) is 14.6. The fourth-order valence-electron chi connectivity index (χ4n) is 3.13. The van der Waals surface area contributed by atoms with Gasteiger partial charge in [0.05, 0.1) is 0 Å². The molecule has 1 aliphatic rings. The Morgan fingerprint density at radius 3 is 2.86 bits per heavy atom. The van der Waals surface area contributed by atoms with Crippen LogP contribution in [0.2, 0.25) is 0 Å². The lowest BCUT2D eigenvalue weighted by Crippen LogP contribution is -2.36.